The predicted molar refractivity (Wildman–Crippen MR) is 95.5 cm³/mol. The van der Waals surface area contributed by atoms with Crippen LogP contribution in [0.1, 0.15) is 29.1 Å². The summed E-state index contributed by atoms with van der Waals surface area (Å²) in [7, 11) is 1.71. The number of carbonyl (C=O) groups excluding carboxylic acids is 1. The normalized spacial score (nSPS) is 18.2. The first-order valence-electron chi connectivity index (χ1n) is 8.72. The van der Waals surface area contributed by atoms with E-state index in [0.29, 0.717) is 24.0 Å². The van der Waals surface area contributed by atoms with E-state index in [1.807, 2.05) is 30.3 Å². The van der Waals surface area contributed by atoms with Gasteiger partial charge in [0.25, 0.3) is 5.91 Å². The lowest BCUT2D eigenvalue weighted by Gasteiger charge is -2.32. The van der Waals surface area contributed by atoms with E-state index < -0.39 is 0 Å². The molecule has 2 aromatic rings. The highest BCUT2D eigenvalue weighted by atomic mass is 16.5. The number of piperidine rings is 1. The van der Waals surface area contributed by atoms with Crippen molar-refractivity contribution < 1.29 is 13.9 Å². The number of amides is 1. The molecule has 1 fully saturated rings. The number of nitrogens with one attached hydrogen (secondary N) is 1. The fourth-order valence-corrected chi connectivity index (χ4v) is 3.16. The number of ether oxygens (including phenoxy) is 1. The molecule has 6 heteroatoms. The maximum absolute atomic E-state index is 12.6. The van der Waals surface area contributed by atoms with Gasteiger partial charge in [0.1, 0.15) is 0 Å². The van der Waals surface area contributed by atoms with Crippen molar-refractivity contribution in [2.75, 3.05) is 33.4 Å². The number of aryl methyl sites for hydroxylation is 1. The first-order valence-corrected chi connectivity index (χ1v) is 8.72. The second kappa shape index (κ2) is 8.27. The van der Waals surface area contributed by atoms with Crippen molar-refractivity contribution in [3.8, 4) is 11.5 Å². The summed E-state index contributed by atoms with van der Waals surface area (Å²) in [6, 6.07) is 9.74. The number of nitrogens with zero attached hydrogens (tertiary/aromatic N) is 2. The molecule has 0 radical (unpaired) electrons. The molecule has 0 bridgehead atoms. The van der Waals surface area contributed by atoms with Gasteiger partial charge in [-0.1, -0.05) is 18.2 Å². The Bertz CT molecular complexity index is 699. The molecule has 134 valence electrons. The summed E-state index contributed by atoms with van der Waals surface area (Å²) in [6.07, 6.45) is 2.05. The van der Waals surface area contributed by atoms with Gasteiger partial charge in [0.2, 0.25) is 11.7 Å². The van der Waals surface area contributed by atoms with Gasteiger partial charge in [-0.2, -0.15) is 0 Å². The van der Waals surface area contributed by atoms with Crippen LogP contribution >= 0.6 is 0 Å². The molecule has 6 nitrogen and oxygen atoms in total. The maximum Gasteiger partial charge on any atom is 0.289 e. The Labute approximate surface area is 148 Å². The minimum atomic E-state index is -0.189. The fourth-order valence-electron chi connectivity index (χ4n) is 3.16. The summed E-state index contributed by atoms with van der Waals surface area (Å²) >= 11 is 0. The van der Waals surface area contributed by atoms with Crippen molar-refractivity contribution in [1.29, 1.82) is 0 Å². The third-order valence-electron chi connectivity index (χ3n) is 4.48. The minimum absolute atomic E-state index is 0.128. The standard InChI is InChI=1S/C19H25N3O3/c1-14-17(25-19(20-14)15-7-4-3-5-8-15)18(23)21-16-9-6-10-22(13-16)11-12-24-2/h3-5,7-8,16H,6,9-13H2,1-2H3,(H,21,23)/t16-/m1/s1. The average molecular weight is 343 g/mol. The minimum Gasteiger partial charge on any atom is -0.431 e. The van der Waals surface area contributed by atoms with Crippen LogP contribution in [0.3, 0.4) is 0 Å². The Morgan fingerprint density at radius 1 is 1.40 bits per heavy atom. The Morgan fingerprint density at radius 2 is 2.20 bits per heavy atom. The van der Waals surface area contributed by atoms with Crippen LogP contribution in [-0.2, 0) is 4.74 Å². The molecule has 25 heavy (non-hydrogen) atoms. The summed E-state index contributed by atoms with van der Waals surface area (Å²) in [5.74, 6) is 0.590. The molecule has 1 aliphatic heterocycles. The van der Waals surface area contributed by atoms with Gasteiger partial charge in [-0.05, 0) is 38.4 Å². The number of rotatable bonds is 6. The summed E-state index contributed by atoms with van der Waals surface area (Å²) in [5.41, 5.74) is 1.48. The number of likely N-dealkylation sites (tertiary alicyclic amines) is 1. The van der Waals surface area contributed by atoms with Gasteiger partial charge in [0.05, 0.1) is 12.3 Å². The van der Waals surface area contributed by atoms with Crippen LogP contribution in [0.25, 0.3) is 11.5 Å². The number of methoxy groups -OCH3 is 1. The molecule has 1 aromatic heterocycles. The molecule has 3 rings (SSSR count). The Balaban J connectivity index is 1.64. The topological polar surface area (TPSA) is 67.6 Å². The third kappa shape index (κ3) is 4.46. The quantitative estimate of drug-likeness (QED) is 0.873. The van der Waals surface area contributed by atoms with Crippen LogP contribution in [0.5, 0.6) is 0 Å². The molecule has 2 heterocycles. The molecular formula is C19H25N3O3. The van der Waals surface area contributed by atoms with Gasteiger partial charge in [-0.3, -0.25) is 9.69 Å². The number of carbonyl (C=O) groups is 1. The number of hydrogen-bond donors (Lipinski definition) is 1. The molecule has 0 aliphatic carbocycles. The number of aromatic nitrogens is 1. The average Bonchev–Trinajstić information content (AvgIpc) is 3.03. The van der Waals surface area contributed by atoms with Gasteiger partial charge >= 0.3 is 0 Å². The molecule has 1 aromatic carbocycles. The van der Waals surface area contributed by atoms with Crippen molar-refractivity contribution >= 4 is 5.91 Å². The SMILES string of the molecule is COCCN1CCC[C@@H](NC(=O)c2oc(-c3ccccc3)nc2C)C1. The number of hydrogen-bond acceptors (Lipinski definition) is 5. The first-order chi connectivity index (χ1) is 12.2. The molecule has 0 unspecified atom stereocenters. The molecule has 1 N–H and O–H groups in total. The first kappa shape index (κ1) is 17.6. The molecule has 1 amide bonds. The van der Waals surface area contributed by atoms with Gasteiger partial charge in [0, 0.05) is 31.8 Å². The number of oxazole rings is 1. The van der Waals surface area contributed by atoms with Gasteiger partial charge < -0.3 is 14.5 Å². The van der Waals surface area contributed by atoms with E-state index in [-0.39, 0.29) is 11.9 Å². The highest BCUT2D eigenvalue weighted by molar-refractivity contribution is 5.93. The molecule has 0 saturated carbocycles. The highest BCUT2D eigenvalue weighted by Crippen LogP contribution is 2.22. The second-order valence-electron chi connectivity index (χ2n) is 6.41. The van der Waals surface area contributed by atoms with E-state index in [1.165, 1.54) is 0 Å². The lowest BCUT2D eigenvalue weighted by atomic mass is 10.1. The van der Waals surface area contributed by atoms with E-state index in [2.05, 4.69) is 15.2 Å². The zero-order chi connectivity index (χ0) is 17.6. The van der Waals surface area contributed by atoms with Gasteiger partial charge in [-0.15, -0.1) is 0 Å². The van der Waals surface area contributed by atoms with Crippen LogP contribution in [0.2, 0.25) is 0 Å². The van der Waals surface area contributed by atoms with Crippen molar-refractivity contribution in [1.82, 2.24) is 15.2 Å². The van der Waals surface area contributed by atoms with Crippen LogP contribution in [0.4, 0.5) is 0 Å². The van der Waals surface area contributed by atoms with E-state index in [4.69, 9.17) is 9.15 Å². The van der Waals surface area contributed by atoms with Crippen LogP contribution in [0.15, 0.2) is 34.7 Å². The van der Waals surface area contributed by atoms with E-state index in [1.54, 1.807) is 14.0 Å². The molecule has 1 aliphatic rings. The van der Waals surface area contributed by atoms with E-state index >= 15 is 0 Å². The van der Waals surface area contributed by atoms with Crippen LogP contribution in [-0.4, -0.2) is 55.2 Å². The number of benzene rings is 1. The summed E-state index contributed by atoms with van der Waals surface area (Å²) in [5, 5.41) is 3.09. The Hall–Kier alpha value is -2.18. The second-order valence-corrected chi connectivity index (χ2v) is 6.41. The third-order valence-corrected chi connectivity index (χ3v) is 4.48. The monoisotopic (exact) mass is 343 g/mol. The molecule has 1 atom stereocenters. The van der Waals surface area contributed by atoms with E-state index in [0.717, 1.165) is 38.0 Å². The fraction of sp³-hybridized carbons (Fsp3) is 0.474. The summed E-state index contributed by atoms with van der Waals surface area (Å²) < 4.78 is 10.9. The lowest BCUT2D eigenvalue weighted by molar-refractivity contribution is 0.0853. The van der Waals surface area contributed by atoms with Crippen molar-refractivity contribution in [2.24, 2.45) is 0 Å². The zero-order valence-corrected chi connectivity index (χ0v) is 14.8. The highest BCUT2D eigenvalue weighted by Gasteiger charge is 2.24. The zero-order valence-electron chi connectivity index (χ0n) is 14.8. The molecule has 1 saturated heterocycles. The van der Waals surface area contributed by atoms with Gasteiger partial charge in [-0.25, -0.2) is 4.98 Å². The summed E-state index contributed by atoms with van der Waals surface area (Å²) in [4.78, 5) is 19.3. The van der Waals surface area contributed by atoms with Crippen molar-refractivity contribution in [3.63, 3.8) is 0 Å². The van der Waals surface area contributed by atoms with Crippen LogP contribution in [0, 0.1) is 6.92 Å². The predicted octanol–water partition coefficient (Wildman–Crippen LogP) is 2.49. The van der Waals surface area contributed by atoms with Crippen molar-refractivity contribution in [2.45, 2.75) is 25.8 Å². The largest absolute Gasteiger partial charge is 0.431 e. The molecular weight excluding hydrogens is 318 g/mol. The smallest absolute Gasteiger partial charge is 0.289 e. The summed E-state index contributed by atoms with van der Waals surface area (Å²) in [6.45, 7) is 5.30. The Morgan fingerprint density at radius 3 is 2.96 bits per heavy atom. The van der Waals surface area contributed by atoms with Crippen LogP contribution < -0.4 is 5.32 Å². The van der Waals surface area contributed by atoms with E-state index in [9.17, 15) is 4.79 Å². The molecule has 0 spiro atoms. The maximum atomic E-state index is 12.6. The van der Waals surface area contributed by atoms with Gasteiger partial charge in [0.15, 0.2) is 0 Å². The Kier molecular flexibility index (Phi) is 5.83. The lowest BCUT2D eigenvalue weighted by Crippen LogP contribution is -2.48. The van der Waals surface area contributed by atoms with Crippen molar-refractivity contribution in [3.05, 3.63) is 41.8 Å².